The number of rotatable bonds is 4. The highest BCUT2D eigenvalue weighted by Gasteiger charge is 2.43. The van der Waals surface area contributed by atoms with Gasteiger partial charge in [-0.15, -0.1) is 0 Å². The van der Waals surface area contributed by atoms with Gasteiger partial charge in [0, 0.05) is 50.8 Å². The molecule has 9 nitrogen and oxygen atoms in total. The van der Waals surface area contributed by atoms with Crippen molar-refractivity contribution in [2.45, 2.75) is 51.0 Å². The Hall–Kier alpha value is -3.02. The van der Waals surface area contributed by atoms with Gasteiger partial charge >= 0.3 is 23.3 Å². The summed E-state index contributed by atoms with van der Waals surface area (Å²) in [5, 5.41) is 11.8. The molecule has 2 fully saturated rings. The van der Waals surface area contributed by atoms with Crippen molar-refractivity contribution in [1.29, 1.82) is 0 Å². The zero-order valence-electron chi connectivity index (χ0n) is 17.7. The summed E-state index contributed by atoms with van der Waals surface area (Å²) in [6.45, 7) is 3.82. The molecule has 1 saturated carbocycles. The number of likely N-dealkylation sites (tertiary alicyclic amines) is 1. The van der Waals surface area contributed by atoms with Crippen LogP contribution in [0.5, 0.6) is 0 Å². The molecule has 0 radical (unpaired) electrons. The van der Waals surface area contributed by atoms with Gasteiger partial charge in [-0.3, -0.25) is 24.0 Å². The van der Waals surface area contributed by atoms with E-state index in [1.165, 1.54) is 11.1 Å². The predicted molar refractivity (Wildman–Crippen MR) is 110 cm³/mol. The summed E-state index contributed by atoms with van der Waals surface area (Å²) in [7, 11) is 0. The van der Waals surface area contributed by atoms with E-state index in [1.54, 1.807) is 4.57 Å². The molecule has 3 aliphatic rings. The van der Waals surface area contributed by atoms with Crippen LogP contribution in [0.3, 0.4) is 0 Å². The van der Waals surface area contributed by atoms with Gasteiger partial charge in [-0.05, 0) is 30.9 Å². The Labute approximate surface area is 186 Å². The van der Waals surface area contributed by atoms with Crippen molar-refractivity contribution in [3.63, 3.8) is 0 Å². The van der Waals surface area contributed by atoms with E-state index in [2.05, 4.69) is 15.0 Å². The van der Waals surface area contributed by atoms with Crippen LogP contribution in [0.25, 0.3) is 0 Å². The summed E-state index contributed by atoms with van der Waals surface area (Å²) in [5.74, 6) is -0.850. The number of carboxylic acids is 1. The van der Waals surface area contributed by atoms with E-state index in [9.17, 15) is 22.8 Å². The fourth-order valence-corrected chi connectivity index (χ4v) is 4.57. The third-order valence-corrected chi connectivity index (χ3v) is 6.44. The number of carbonyl (C=O) groups is 1. The highest BCUT2D eigenvalue weighted by atomic mass is 19.4. The largest absolute Gasteiger partial charge is 0.490 e. The lowest BCUT2D eigenvalue weighted by molar-refractivity contribution is -0.192. The van der Waals surface area contributed by atoms with Crippen LogP contribution in [0.15, 0.2) is 34.0 Å². The maximum Gasteiger partial charge on any atom is 0.490 e. The summed E-state index contributed by atoms with van der Waals surface area (Å²) in [5.41, 5.74) is 0.221. The number of pyridine rings is 1. The quantitative estimate of drug-likeness (QED) is 0.678. The number of aromatic nitrogens is 4. The smallest absolute Gasteiger partial charge is 0.475 e. The molecule has 2 unspecified atom stereocenters. The molecule has 0 amide bonds. The number of carboxylic acid groups (broad SMARTS) is 1. The van der Waals surface area contributed by atoms with Gasteiger partial charge in [-0.2, -0.15) is 18.3 Å². The Kier molecular flexibility index (Phi) is 6.37. The van der Waals surface area contributed by atoms with Crippen molar-refractivity contribution in [2.24, 2.45) is 11.8 Å². The van der Waals surface area contributed by atoms with Gasteiger partial charge in [-0.1, -0.05) is 12.5 Å². The van der Waals surface area contributed by atoms with Crippen LogP contribution in [0.1, 0.15) is 36.7 Å². The normalized spacial score (nSPS) is 22.2. The molecule has 2 aromatic rings. The third kappa shape index (κ3) is 5.00. The predicted octanol–water partition coefficient (Wildman–Crippen LogP) is 1.46. The molecule has 2 atom stereocenters. The number of aliphatic carboxylic acids is 1. The Morgan fingerprint density at radius 3 is 2.42 bits per heavy atom. The van der Waals surface area contributed by atoms with E-state index in [0.717, 1.165) is 44.0 Å². The minimum atomic E-state index is -5.08. The second-order valence-electron chi connectivity index (χ2n) is 8.74. The summed E-state index contributed by atoms with van der Waals surface area (Å²) >= 11 is 0. The Morgan fingerprint density at radius 2 is 1.85 bits per heavy atom. The van der Waals surface area contributed by atoms with Crippen LogP contribution in [0.2, 0.25) is 0 Å². The number of fused-ring (bicyclic) bond motifs is 3. The molecular weight excluding hydrogens is 443 g/mol. The molecule has 1 saturated heterocycles. The van der Waals surface area contributed by atoms with Crippen molar-refractivity contribution >= 4 is 5.97 Å². The summed E-state index contributed by atoms with van der Waals surface area (Å²) in [4.78, 5) is 40.6. The maximum atomic E-state index is 12.5. The van der Waals surface area contributed by atoms with Crippen molar-refractivity contribution < 1.29 is 23.1 Å². The van der Waals surface area contributed by atoms with E-state index in [-0.39, 0.29) is 11.5 Å². The van der Waals surface area contributed by atoms with E-state index >= 15 is 0 Å². The van der Waals surface area contributed by atoms with Crippen LogP contribution >= 0.6 is 0 Å². The van der Waals surface area contributed by atoms with Gasteiger partial charge in [0.15, 0.2) is 0 Å². The molecule has 1 N–H and O–H groups in total. The number of halogens is 3. The topological polar surface area (TPSA) is 110 Å². The molecule has 4 heterocycles. The van der Waals surface area contributed by atoms with Gasteiger partial charge < -0.3 is 5.11 Å². The molecular formula is C21H24F3N5O4. The molecule has 0 aromatic carbocycles. The first-order chi connectivity index (χ1) is 15.6. The van der Waals surface area contributed by atoms with Gasteiger partial charge in [0.05, 0.1) is 5.69 Å². The van der Waals surface area contributed by atoms with E-state index in [1.807, 2.05) is 24.4 Å². The lowest BCUT2D eigenvalue weighted by atomic mass is 9.85. The van der Waals surface area contributed by atoms with Crippen molar-refractivity contribution in [3.8, 4) is 0 Å². The SMILES string of the molecule is O=C(O)C(F)(F)F.O=c1c(=O)n2c(nn1CC1CCC1)C1CN(Cc3ccccn3)CC1C2. The van der Waals surface area contributed by atoms with Crippen molar-refractivity contribution in [3.05, 3.63) is 56.6 Å². The second kappa shape index (κ2) is 9.08. The molecule has 33 heavy (non-hydrogen) atoms. The number of hydrogen-bond acceptors (Lipinski definition) is 6. The van der Waals surface area contributed by atoms with Gasteiger partial charge in [0.25, 0.3) is 0 Å². The Balaban J connectivity index is 0.000000325. The van der Waals surface area contributed by atoms with Crippen molar-refractivity contribution in [1.82, 2.24) is 24.2 Å². The number of hydrogen-bond donors (Lipinski definition) is 1. The minimum Gasteiger partial charge on any atom is -0.475 e. The lowest BCUT2D eigenvalue weighted by Gasteiger charge is -2.25. The second-order valence-corrected chi connectivity index (χ2v) is 8.74. The average Bonchev–Trinajstić information content (AvgIpc) is 3.26. The molecule has 0 spiro atoms. The van der Waals surface area contributed by atoms with Crippen LogP contribution < -0.4 is 11.1 Å². The van der Waals surface area contributed by atoms with Crippen LogP contribution in [-0.4, -0.2) is 54.6 Å². The van der Waals surface area contributed by atoms with Crippen LogP contribution in [0, 0.1) is 11.8 Å². The number of nitrogens with zero attached hydrogens (tertiary/aromatic N) is 5. The fourth-order valence-electron chi connectivity index (χ4n) is 4.57. The lowest BCUT2D eigenvalue weighted by Crippen LogP contribution is -2.45. The average molecular weight is 467 g/mol. The number of alkyl halides is 3. The van der Waals surface area contributed by atoms with Gasteiger partial charge in [0.2, 0.25) is 0 Å². The third-order valence-electron chi connectivity index (χ3n) is 6.44. The van der Waals surface area contributed by atoms with Gasteiger partial charge in [0.1, 0.15) is 5.82 Å². The Bertz CT molecular complexity index is 1130. The molecule has 2 aliphatic heterocycles. The Morgan fingerprint density at radius 1 is 1.12 bits per heavy atom. The van der Waals surface area contributed by atoms with Gasteiger partial charge in [-0.25, -0.2) is 9.48 Å². The van der Waals surface area contributed by atoms with E-state index in [4.69, 9.17) is 9.90 Å². The molecule has 178 valence electrons. The highest BCUT2D eigenvalue weighted by molar-refractivity contribution is 5.73. The van der Waals surface area contributed by atoms with Crippen molar-refractivity contribution in [2.75, 3.05) is 13.1 Å². The van der Waals surface area contributed by atoms with Crippen LogP contribution in [0.4, 0.5) is 13.2 Å². The zero-order chi connectivity index (χ0) is 23.8. The van der Waals surface area contributed by atoms with Crippen LogP contribution in [-0.2, 0) is 24.4 Å². The minimum absolute atomic E-state index is 0.236. The highest BCUT2D eigenvalue weighted by Crippen LogP contribution is 2.37. The molecule has 1 aliphatic carbocycles. The summed E-state index contributed by atoms with van der Waals surface area (Å²) < 4.78 is 34.8. The standard InChI is InChI=1S/C19H23N5O2.C2HF3O2/c25-18-19(26)24(8-13-4-3-5-13)21-17-16-12-22(9-14(16)10-23(17)18)11-15-6-1-2-7-20-15;3-2(4,5)1(6)7/h1-2,6-7,13-14,16H,3-5,8-12H2;(H,6,7). The molecule has 2 aromatic heterocycles. The van der Waals surface area contributed by atoms with E-state index in [0.29, 0.717) is 24.9 Å². The fraction of sp³-hybridized carbons (Fsp3) is 0.571. The summed E-state index contributed by atoms with van der Waals surface area (Å²) in [6.07, 6.45) is 0.227. The van der Waals surface area contributed by atoms with E-state index < -0.39 is 17.7 Å². The maximum absolute atomic E-state index is 12.5. The first-order valence-corrected chi connectivity index (χ1v) is 10.8. The molecule has 5 rings (SSSR count). The zero-order valence-corrected chi connectivity index (χ0v) is 17.7. The molecule has 12 heteroatoms. The first kappa shape index (κ1) is 23.1. The monoisotopic (exact) mass is 467 g/mol. The molecule has 0 bridgehead atoms. The first-order valence-electron chi connectivity index (χ1n) is 10.8. The summed E-state index contributed by atoms with van der Waals surface area (Å²) in [6, 6.07) is 5.98.